The van der Waals surface area contributed by atoms with E-state index in [1.54, 1.807) is 6.92 Å². The monoisotopic (exact) mass is 237 g/mol. The minimum Gasteiger partial charge on any atom is -0.330 e. The summed E-state index contributed by atoms with van der Waals surface area (Å²) in [7, 11) is 0. The van der Waals surface area contributed by atoms with Crippen molar-refractivity contribution in [1.82, 2.24) is 0 Å². The van der Waals surface area contributed by atoms with E-state index < -0.39 is 22.5 Å². The fourth-order valence-electron chi connectivity index (χ4n) is 1.36. The van der Waals surface area contributed by atoms with E-state index >= 15 is 0 Å². The molecule has 0 aliphatic heterocycles. The molecule has 0 bridgehead atoms. The summed E-state index contributed by atoms with van der Waals surface area (Å²) in [5.74, 6) is -3.68. The predicted molar refractivity (Wildman–Crippen MR) is 53.4 cm³/mol. The van der Waals surface area contributed by atoms with Crippen LogP contribution in [0.5, 0.6) is 0 Å². The molecule has 1 rings (SSSR count). The molecule has 1 aromatic carbocycles. The van der Waals surface area contributed by atoms with E-state index in [-0.39, 0.29) is 11.5 Å². The molecular weight excluding hydrogens is 227 g/mol. The molecule has 0 saturated carbocycles. The molecule has 5 heteroatoms. The average molecular weight is 238 g/mol. The molecule has 1 aromatic rings. The van der Waals surface area contributed by atoms with E-state index in [4.69, 9.17) is 17.3 Å². The van der Waals surface area contributed by atoms with Gasteiger partial charge in [-0.1, -0.05) is 18.5 Å². The fourth-order valence-corrected chi connectivity index (χ4v) is 1.55. The maximum Gasteiger partial charge on any atom is 0.180 e. The molecule has 15 heavy (non-hydrogen) atoms. The number of hydrogen-bond donors (Lipinski definition) is 1. The van der Waals surface area contributed by atoms with Crippen molar-refractivity contribution in [2.24, 2.45) is 5.73 Å². The Morgan fingerprint density at radius 2 is 1.93 bits per heavy atom. The largest absolute Gasteiger partial charge is 0.330 e. The first-order valence-corrected chi connectivity index (χ1v) is 4.89. The van der Waals surface area contributed by atoms with Crippen molar-refractivity contribution >= 4 is 11.6 Å². The molecule has 0 fully saturated rings. The van der Waals surface area contributed by atoms with Crippen molar-refractivity contribution in [3.05, 3.63) is 34.1 Å². The van der Waals surface area contributed by atoms with Gasteiger partial charge in [0.05, 0.1) is 0 Å². The average Bonchev–Trinajstić information content (AvgIpc) is 2.20. The Kier molecular flexibility index (Phi) is 3.99. The first-order valence-electron chi connectivity index (χ1n) is 4.52. The highest BCUT2D eigenvalue weighted by atomic mass is 35.5. The van der Waals surface area contributed by atoms with Crippen LogP contribution in [0, 0.1) is 17.5 Å². The zero-order valence-electron chi connectivity index (χ0n) is 8.16. The third-order valence-corrected chi connectivity index (χ3v) is 2.59. The Bertz CT molecular complexity index is 368. The van der Waals surface area contributed by atoms with E-state index in [9.17, 15) is 13.2 Å². The van der Waals surface area contributed by atoms with Gasteiger partial charge in [-0.2, -0.15) is 0 Å². The molecule has 0 spiro atoms. The molecule has 1 atom stereocenters. The quantitative estimate of drug-likeness (QED) is 0.634. The van der Waals surface area contributed by atoms with Crippen LogP contribution >= 0.6 is 11.6 Å². The number of nitrogens with two attached hydrogens (primary N) is 1. The van der Waals surface area contributed by atoms with Crippen molar-refractivity contribution in [3.63, 3.8) is 0 Å². The maximum absolute atomic E-state index is 13.4. The summed E-state index contributed by atoms with van der Waals surface area (Å²) in [4.78, 5) is 0. The van der Waals surface area contributed by atoms with Gasteiger partial charge in [0.1, 0.15) is 10.8 Å². The second kappa shape index (κ2) is 4.86. The Labute approximate surface area is 91.0 Å². The van der Waals surface area contributed by atoms with Gasteiger partial charge in [-0.3, -0.25) is 0 Å². The van der Waals surface area contributed by atoms with Crippen LogP contribution in [0.1, 0.15) is 24.8 Å². The van der Waals surface area contributed by atoms with Crippen molar-refractivity contribution in [1.29, 1.82) is 0 Å². The highest BCUT2D eigenvalue weighted by Gasteiger charge is 2.20. The Balaban J connectivity index is 3.19. The zero-order valence-corrected chi connectivity index (χ0v) is 8.91. The number of halogens is 4. The summed E-state index contributed by atoms with van der Waals surface area (Å²) in [6.45, 7) is 2.02. The van der Waals surface area contributed by atoms with E-state index in [1.807, 2.05) is 0 Å². The third kappa shape index (κ3) is 2.44. The normalized spacial score (nSPS) is 12.9. The van der Waals surface area contributed by atoms with Crippen LogP contribution in [-0.2, 0) is 0 Å². The minimum absolute atomic E-state index is 0.0596. The lowest BCUT2D eigenvalue weighted by molar-refractivity contribution is 0.484. The zero-order chi connectivity index (χ0) is 11.6. The molecule has 0 aliphatic carbocycles. The lowest BCUT2D eigenvalue weighted by atomic mass is 9.97. The van der Waals surface area contributed by atoms with Gasteiger partial charge >= 0.3 is 0 Å². The number of benzene rings is 1. The molecule has 1 nitrogen and oxygen atoms in total. The second-order valence-corrected chi connectivity index (χ2v) is 3.75. The van der Waals surface area contributed by atoms with E-state index in [2.05, 4.69) is 0 Å². The first-order chi connectivity index (χ1) is 6.99. The first kappa shape index (κ1) is 12.3. The topological polar surface area (TPSA) is 26.0 Å². The molecule has 1 unspecified atom stereocenters. The van der Waals surface area contributed by atoms with Crippen LogP contribution in [0.3, 0.4) is 0 Å². The Hall–Kier alpha value is -0.740. The van der Waals surface area contributed by atoms with Crippen LogP contribution in [0.25, 0.3) is 0 Å². The lowest BCUT2D eigenvalue weighted by Gasteiger charge is -2.13. The van der Waals surface area contributed by atoms with Crippen LogP contribution < -0.4 is 5.73 Å². The SMILES string of the molecule is CC(CCN)c1cc(F)c(F)c(Cl)c1F. The Morgan fingerprint density at radius 3 is 2.47 bits per heavy atom. The molecule has 0 amide bonds. The van der Waals surface area contributed by atoms with Gasteiger partial charge in [0.25, 0.3) is 0 Å². The molecular formula is C10H11ClF3N. The highest BCUT2D eigenvalue weighted by molar-refractivity contribution is 6.31. The maximum atomic E-state index is 13.4. The molecule has 0 aliphatic rings. The van der Waals surface area contributed by atoms with Gasteiger partial charge in [0.15, 0.2) is 11.6 Å². The highest BCUT2D eigenvalue weighted by Crippen LogP contribution is 2.30. The fraction of sp³-hybridized carbons (Fsp3) is 0.400. The van der Waals surface area contributed by atoms with Crippen molar-refractivity contribution in [3.8, 4) is 0 Å². The van der Waals surface area contributed by atoms with Crippen molar-refractivity contribution in [2.75, 3.05) is 6.54 Å². The van der Waals surface area contributed by atoms with Gasteiger partial charge < -0.3 is 5.73 Å². The van der Waals surface area contributed by atoms with E-state index in [0.29, 0.717) is 13.0 Å². The number of hydrogen-bond acceptors (Lipinski definition) is 1. The molecule has 0 saturated heterocycles. The standard InChI is InChI=1S/C10H11ClF3N/c1-5(2-3-15)6-4-7(12)10(14)8(11)9(6)13/h4-5H,2-3,15H2,1H3. The summed E-state index contributed by atoms with van der Waals surface area (Å²) in [6.07, 6.45) is 0.484. The van der Waals surface area contributed by atoms with Gasteiger partial charge in [-0.15, -0.1) is 0 Å². The second-order valence-electron chi connectivity index (χ2n) is 3.37. The van der Waals surface area contributed by atoms with E-state index in [1.165, 1.54) is 0 Å². The van der Waals surface area contributed by atoms with Crippen LogP contribution in [-0.4, -0.2) is 6.54 Å². The smallest absolute Gasteiger partial charge is 0.180 e. The van der Waals surface area contributed by atoms with Gasteiger partial charge in [0, 0.05) is 0 Å². The molecule has 0 radical (unpaired) electrons. The van der Waals surface area contributed by atoms with Crippen LogP contribution in [0.15, 0.2) is 6.07 Å². The summed E-state index contributed by atoms with van der Waals surface area (Å²) in [5.41, 5.74) is 5.36. The third-order valence-electron chi connectivity index (χ3n) is 2.26. The van der Waals surface area contributed by atoms with Gasteiger partial charge in [-0.05, 0) is 30.5 Å². The molecule has 84 valence electrons. The summed E-state index contributed by atoms with van der Waals surface area (Å²) < 4.78 is 39.2. The summed E-state index contributed by atoms with van der Waals surface area (Å²) in [5, 5.41) is -0.797. The van der Waals surface area contributed by atoms with Crippen LogP contribution in [0.2, 0.25) is 5.02 Å². The van der Waals surface area contributed by atoms with Gasteiger partial charge in [0.2, 0.25) is 0 Å². The minimum atomic E-state index is -1.35. The summed E-state index contributed by atoms with van der Waals surface area (Å²) >= 11 is 5.31. The van der Waals surface area contributed by atoms with Crippen molar-refractivity contribution < 1.29 is 13.2 Å². The lowest BCUT2D eigenvalue weighted by Crippen LogP contribution is -2.07. The van der Waals surface area contributed by atoms with E-state index in [0.717, 1.165) is 6.07 Å². The number of rotatable bonds is 3. The van der Waals surface area contributed by atoms with Gasteiger partial charge in [-0.25, -0.2) is 13.2 Å². The molecule has 2 N–H and O–H groups in total. The Morgan fingerprint density at radius 1 is 1.33 bits per heavy atom. The predicted octanol–water partition coefficient (Wildman–Crippen LogP) is 3.21. The molecule has 0 aromatic heterocycles. The van der Waals surface area contributed by atoms with Crippen molar-refractivity contribution in [2.45, 2.75) is 19.3 Å². The van der Waals surface area contributed by atoms with Crippen LogP contribution in [0.4, 0.5) is 13.2 Å². The summed E-state index contributed by atoms with van der Waals surface area (Å²) in [6, 6.07) is 0.830. The molecule has 0 heterocycles.